The molecular weight excluding hydrogens is 304 g/mol. The zero-order valence-electron chi connectivity index (χ0n) is 11.9. The molecule has 0 radical (unpaired) electrons. The highest BCUT2D eigenvalue weighted by molar-refractivity contribution is 9.10. The molecule has 0 aliphatic rings. The van der Waals surface area contributed by atoms with E-state index in [0.717, 1.165) is 17.3 Å². The summed E-state index contributed by atoms with van der Waals surface area (Å²) in [5.41, 5.74) is 7.19. The number of amides is 1. The Bertz CT molecular complexity index is 405. The lowest BCUT2D eigenvalue weighted by molar-refractivity contribution is -0.132. The molecule has 0 aliphatic heterocycles. The first-order valence-electron chi connectivity index (χ1n) is 6.70. The maximum absolute atomic E-state index is 12.1. The van der Waals surface area contributed by atoms with E-state index in [1.165, 1.54) is 5.56 Å². The zero-order valence-corrected chi connectivity index (χ0v) is 13.5. The van der Waals surface area contributed by atoms with Crippen LogP contribution in [-0.2, 0) is 11.2 Å². The molecule has 0 heterocycles. The van der Waals surface area contributed by atoms with Crippen LogP contribution in [0.3, 0.4) is 0 Å². The van der Waals surface area contributed by atoms with Crippen LogP contribution >= 0.6 is 15.9 Å². The molecule has 3 nitrogen and oxygen atoms in total. The van der Waals surface area contributed by atoms with Crippen molar-refractivity contribution in [3.8, 4) is 0 Å². The predicted molar refractivity (Wildman–Crippen MR) is 82.9 cm³/mol. The summed E-state index contributed by atoms with van der Waals surface area (Å²) in [6, 6.07) is 7.78. The van der Waals surface area contributed by atoms with Crippen molar-refractivity contribution in [2.75, 3.05) is 13.6 Å². The number of likely N-dealkylation sites (N-methyl/N-ethyl adjacent to an activating group) is 1. The number of rotatable bonds is 6. The summed E-state index contributed by atoms with van der Waals surface area (Å²) in [6.45, 7) is 4.77. The molecule has 4 heteroatoms. The Hall–Kier alpha value is -0.870. The highest BCUT2D eigenvalue weighted by Gasteiger charge is 2.22. The molecule has 1 rings (SSSR count). The lowest BCUT2D eigenvalue weighted by Gasteiger charge is -2.24. The van der Waals surface area contributed by atoms with E-state index in [1.54, 1.807) is 4.90 Å². The quantitative estimate of drug-likeness (QED) is 0.873. The first-order valence-corrected chi connectivity index (χ1v) is 7.50. The van der Waals surface area contributed by atoms with Gasteiger partial charge in [0.05, 0.1) is 6.04 Å². The van der Waals surface area contributed by atoms with Gasteiger partial charge in [-0.3, -0.25) is 4.79 Å². The maximum atomic E-state index is 12.1. The molecule has 0 fully saturated rings. The second-order valence-corrected chi connectivity index (χ2v) is 5.96. The Labute approximate surface area is 124 Å². The highest BCUT2D eigenvalue weighted by atomic mass is 79.9. The molecule has 2 atom stereocenters. The van der Waals surface area contributed by atoms with E-state index in [-0.39, 0.29) is 17.9 Å². The molecule has 0 aliphatic carbocycles. The van der Waals surface area contributed by atoms with Gasteiger partial charge in [-0.1, -0.05) is 48.3 Å². The number of nitrogens with zero attached hydrogens (tertiary/aromatic N) is 1. The Kier molecular flexibility index (Phi) is 6.52. The fourth-order valence-electron chi connectivity index (χ4n) is 1.81. The van der Waals surface area contributed by atoms with Crippen LogP contribution in [0.15, 0.2) is 28.7 Å². The van der Waals surface area contributed by atoms with Gasteiger partial charge in [-0.25, -0.2) is 0 Å². The largest absolute Gasteiger partial charge is 0.344 e. The fourth-order valence-corrected chi connectivity index (χ4v) is 2.07. The van der Waals surface area contributed by atoms with Gasteiger partial charge in [0.25, 0.3) is 0 Å². The van der Waals surface area contributed by atoms with Gasteiger partial charge >= 0.3 is 0 Å². The lowest BCUT2D eigenvalue weighted by atomic mass is 9.99. The summed E-state index contributed by atoms with van der Waals surface area (Å²) in [4.78, 5) is 13.8. The van der Waals surface area contributed by atoms with Gasteiger partial charge in [0.1, 0.15) is 0 Å². The Morgan fingerprint density at radius 2 is 1.95 bits per heavy atom. The number of carbonyl (C=O) groups excluding carboxylic acids is 1. The Morgan fingerprint density at radius 1 is 1.37 bits per heavy atom. The Balaban J connectivity index is 2.48. The molecule has 106 valence electrons. The van der Waals surface area contributed by atoms with Crippen LogP contribution in [0, 0.1) is 5.92 Å². The molecule has 2 unspecified atom stereocenters. The fraction of sp³-hybridized carbons (Fsp3) is 0.533. The van der Waals surface area contributed by atoms with Gasteiger partial charge < -0.3 is 10.6 Å². The minimum atomic E-state index is -0.389. The molecule has 2 N–H and O–H groups in total. The minimum Gasteiger partial charge on any atom is -0.344 e. The van der Waals surface area contributed by atoms with Crippen molar-refractivity contribution >= 4 is 21.8 Å². The van der Waals surface area contributed by atoms with Crippen molar-refractivity contribution in [3.63, 3.8) is 0 Å². The summed E-state index contributed by atoms with van der Waals surface area (Å²) in [7, 11) is 1.82. The first-order chi connectivity index (χ1) is 8.95. The maximum Gasteiger partial charge on any atom is 0.239 e. The standard InChI is InChI=1S/C15H23BrN2O/c1-4-11(2)14(17)15(19)18(3)10-9-12-5-7-13(16)8-6-12/h5-8,11,14H,4,9-10,17H2,1-3H3. The van der Waals surface area contributed by atoms with Crippen LogP contribution in [0.1, 0.15) is 25.8 Å². The summed E-state index contributed by atoms with van der Waals surface area (Å²) in [5.74, 6) is 0.258. The third-order valence-corrected chi connectivity index (χ3v) is 4.10. The molecular formula is C15H23BrN2O. The predicted octanol–water partition coefficient (Wildman–Crippen LogP) is 2.82. The molecule has 1 aromatic carbocycles. The van der Waals surface area contributed by atoms with Gasteiger partial charge in [-0.05, 0) is 30.0 Å². The monoisotopic (exact) mass is 326 g/mol. The molecule has 1 aromatic rings. The Morgan fingerprint density at radius 3 is 2.47 bits per heavy atom. The van der Waals surface area contributed by atoms with Crippen molar-refractivity contribution in [1.82, 2.24) is 4.90 Å². The van der Waals surface area contributed by atoms with Crippen molar-refractivity contribution < 1.29 is 4.79 Å². The van der Waals surface area contributed by atoms with E-state index in [4.69, 9.17) is 5.73 Å². The lowest BCUT2D eigenvalue weighted by Crippen LogP contribution is -2.46. The van der Waals surface area contributed by atoms with Crippen LogP contribution in [0.5, 0.6) is 0 Å². The van der Waals surface area contributed by atoms with E-state index in [0.29, 0.717) is 6.54 Å². The van der Waals surface area contributed by atoms with Crippen molar-refractivity contribution in [1.29, 1.82) is 0 Å². The van der Waals surface area contributed by atoms with Crippen LogP contribution < -0.4 is 5.73 Å². The van der Waals surface area contributed by atoms with E-state index in [9.17, 15) is 4.79 Å². The van der Waals surface area contributed by atoms with Crippen molar-refractivity contribution in [2.24, 2.45) is 11.7 Å². The molecule has 0 bridgehead atoms. The molecule has 0 saturated carbocycles. The van der Waals surface area contributed by atoms with Gasteiger partial charge in [0.15, 0.2) is 0 Å². The number of halogens is 1. The van der Waals surface area contributed by atoms with Gasteiger partial charge in [-0.15, -0.1) is 0 Å². The van der Waals surface area contributed by atoms with E-state index in [1.807, 2.05) is 26.1 Å². The summed E-state index contributed by atoms with van der Waals surface area (Å²) in [6.07, 6.45) is 1.77. The smallest absolute Gasteiger partial charge is 0.239 e. The van der Waals surface area contributed by atoms with E-state index in [2.05, 4.69) is 35.0 Å². The topological polar surface area (TPSA) is 46.3 Å². The summed E-state index contributed by atoms with van der Waals surface area (Å²) >= 11 is 3.41. The molecule has 0 spiro atoms. The van der Waals surface area contributed by atoms with Crippen LogP contribution in [0.25, 0.3) is 0 Å². The first kappa shape index (κ1) is 16.2. The van der Waals surface area contributed by atoms with E-state index < -0.39 is 0 Å². The number of hydrogen-bond acceptors (Lipinski definition) is 2. The number of hydrogen-bond donors (Lipinski definition) is 1. The number of nitrogens with two attached hydrogens (primary N) is 1. The number of benzene rings is 1. The molecule has 1 amide bonds. The van der Waals surface area contributed by atoms with E-state index >= 15 is 0 Å². The van der Waals surface area contributed by atoms with Crippen LogP contribution in [0.2, 0.25) is 0 Å². The van der Waals surface area contributed by atoms with Crippen LogP contribution in [-0.4, -0.2) is 30.4 Å². The summed E-state index contributed by atoms with van der Waals surface area (Å²) < 4.78 is 1.07. The zero-order chi connectivity index (χ0) is 14.4. The average molecular weight is 327 g/mol. The normalized spacial score (nSPS) is 13.9. The highest BCUT2D eigenvalue weighted by Crippen LogP contribution is 2.12. The third kappa shape index (κ3) is 4.96. The minimum absolute atomic E-state index is 0.0338. The van der Waals surface area contributed by atoms with Crippen LogP contribution in [0.4, 0.5) is 0 Å². The average Bonchev–Trinajstić information content (AvgIpc) is 2.43. The van der Waals surface area contributed by atoms with Crippen molar-refractivity contribution in [2.45, 2.75) is 32.7 Å². The molecule has 0 saturated heterocycles. The van der Waals surface area contributed by atoms with Gasteiger partial charge in [0.2, 0.25) is 5.91 Å². The molecule has 19 heavy (non-hydrogen) atoms. The van der Waals surface area contributed by atoms with Gasteiger partial charge in [-0.2, -0.15) is 0 Å². The number of carbonyl (C=O) groups is 1. The SMILES string of the molecule is CCC(C)C(N)C(=O)N(C)CCc1ccc(Br)cc1. The van der Waals surface area contributed by atoms with Crippen molar-refractivity contribution in [3.05, 3.63) is 34.3 Å². The second kappa shape index (κ2) is 7.65. The van der Waals surface area contributed by atoms with Gasteiger partial charge in [0, 0.05) is 18.1 Å². The summed E-state index contributed by atoms with van der Waals surface area (Å²) in [5, 5.41) is 0. The second-order valence-electron chi connectivity index (χ2n) is 5.05. The molecule has 0 aromatic heterocycles. The third-order valence-electron chi connectivity index (χ3n) is 3.57.